The van der Waals surface area contributed by atoms with E-state index in [2.05, 4.69) is 27.4 Å². The molecule has 1 unspecified atom stereocenters. The molecule has 2 aliphatic rings. The van der Waals surface area contributed by atoms with Crippen LogP contribution in [0.25, 0.3) is 0 Å². The van der Waals surface area contributed by atoms with Gasteiger partial charge < -0.3 is 10.2 Å². The Hall–Kier alpha value is -2.25. The topological polar surface area (TPSA) is 81.8 Å². The molecule has 0 aliphatic carbocycles. The van der Waals surface area contributed by atoms with Crippen LogP contribution in [0.2, 0.25) is 0 Å². The van der Waals surface area contributed by atoms with Crippen molar-refractivity contribution in [1.82, 2.24) is 15.1 Å². The van der Waals surface area contributed by atoms with Crippen LogP contribution >= 0.6 is 0 Å². The van der Waals surface area contributed by atoms with Crippen molar-refractivity contribution in [3.05, 3.63) is 29.8 Å². The fourth-order valence-corrected chi connectivity index (χ4v) is 3.77. The normalized spacial score (nSPS) is 21.4. The Morgan fingerprint density at radius 2 is 1.79 bits per heavy atom. The number of piperidine rings is 1. The molecule has 3 amide bonds. The number of carbonyl (C=O) groups is 3. The highest BCUT2D eigenvalue weighted by Gasteiger charge is 2.27. The number of carbonyl (C=O) groups excluding carboxylic acids is 3. The third kappa shape index (κ3) is 5.62. The maximum absolute atomic E-state index is 12.3. The van der Waals surface area contributed by atoms with Crippen LogP contribution in [0.5, 0.6) is 0 Å². The van der Waals surface area contributed by atoms with Crippen LogP contribution in [0, 0.1) is 0 Å². The molecule has 2 saturated heterocycles. The summed E-state index contributed by atoms with van der Waals surface area (Å²) >= 11 is 0. The van der Waals surface area contributed by atoms with E-state index in [-0.39, 0.29) is 23.6 Å². The number of nitrogens with zero attached hydrogens (tertiary/aromatic N) is 2. The molecule has 28 heavy (non-hydrogen) atoms. The zero-order chi connectivity index (χ0) is 19.9. The van der Waals surface area contributed by atoms with Gasteiger partial charge in [0, 0.05) is 38.3 Å². The van der Waals surface area contributed by atoms with Crippen molar-refractivity contribution in [2.45, 2.75) is 38.5 Å². The van der Waals surface area contributed by atoms with Gasteiger partial charge in [-0.3, -0.25) is 24.6 Å². The Balaban J connectivity index is 1.45. The molecule has 1 aromatic carbocycles. The lowest BCUT2D eigenvalue weighted by Crippen LogP contribution is -2.48. The van der Waals surface area contributed by atoms with E-state index < -0.39 is 0 Å². The summed E-state index contributed by atoms with van der Waals surface area (Å²) in [5.74, 6) is -0.773. The monoisotopic (exact) mass is 386 g/mol. The summed E-state index contributed by atoms with van der Waals surface area (Å²) in [4.78, 5) is 40.2. The Kier molecular flexibility index (Phi) is 7.17. The first kappa shape index (κ1) is 20.5. The maximum Gasteiger partial charge on any atom is 0.238 e. The van der Waals surface area contributed by atoms with Crippen molar-refractivity contribution in [3.63, 3.8) is 0 Å². The van der Waals surface area contributed by atoms with Crippen molar-refractivity contribution in [2.24, 2.45) is 0 Å². The smallest absolute Gasteiger partial charge is 0.238 e. The third-order valence-electron chi connectivity index (χ3n) is 5.50. The van der Waals surface area contributed by atoms with Gasteiger partial charge in [-0.25, -0.2) is 0 Å². The van der Waals surface area contributed by atoms with Crippen LogP contribution in [-0.4, -0.2) is 66.8 Å². The van der Waals surface area contributed by atoms with Crippen LogP contribution < -0.4 is 10.6 Å². The first-order valence-electron chi connectivity index (χ1n) is 10.2. The predicted molar refractivity (Wildman–Crippen MR) is 108 cm³/mol. The SMILES string of the molecule is CCCCN1CCN(CC(=O)Nc2ccc(C3CCC(=O)NC3=O)cc2)CC1. The van der Waals surface area contributed by atoms with Gasteiger partial charge in [-0.05, 0) is 37.1 Å². The minimum atomic E-state index is -0.300. The number of nitrogens with one attached hydrogen (secondary N) is 2. The lowest BCUT2D eigenvalue weighted by atomic mass is 9.90. The second-order valence-corrected chi connectivity index (χ2v) is 7.65. The lowest BCUT2D eigenvalue weighted by Gasteiger charge is -2.34. The van der Waals surface area contributed by atoms with Crippen molar-refractivity contribution in [2.75, 3.05) is 44.6 Å². The van der Waals surface area contributed by atoms with E-state index >= 15 is 0 Å². The second kappa shape index (κ2) is 9.80. The van der Waals surface area contributed by atoms with E-state index in [0.717, 1.165) is 44.0 Å². The quantitative estimate of drug-likeness (QED) is 0.695. The Morgan fingerprint density at radius 3 is 2.43 bits per heavy atom. The average molecular weight is 386 g/mol. The minimum absolute atomic E-state index is 0.0178. The summed E-state index contributed by atoms with van der Waals surface area (Å²) < 4.78 is 0. The molecule has 2 fully saturated rings. The minimum Gasteiger partial charge on any atom is -0.325 e. The summed E-state index contributed by atoms with van der Waals surface area (Å²) in [6.45, 7) is 7.64. The molecular weight excluding hydrogens is 356 g/mol. The van der Waals surface area contributed by atoms with Crippen molar-refractivity contribution in [1.29, 1.82) is 0 Å². The third-order valence-corrected chi connectivity index (χ3v) is 5.50. The van der Waals surface area contributed by atoms with Crippen LogP contribution in [0.4, 0.5) is 5.69 Å². The first-order valence-corrected chi connectivity index (χ1v) is 10.2. The highest BCUT2D eigenvalue weighted by atomic mass is 16.2. The van der Waals surface area contributed by atoms with Crippen LogP contribution in [0.3, 0.4) is 0 Å². The molecule has 0 bridgehead atoms. The molecule has 1 aromatic rings. The average Bonchev–Trinajstić information content (AvgIpc) is 2.68. The van der Waals surface area contributed by atoms with Gasteiger partial charge in [0.25, 0.3) is 0 Å². The van der Waals surface area contributed by atoms with E-state index in [1.54, 1.807) is 0 Å². The number of rotatable bonds is 7. The fraction of sp³-hybridized carbons (Fsp3) is 0.571. The van der Waals surface area contributed by atoms with Gasteiger partial charge in [-0.15, -0.1) is 0 Å². The molecule has 1 atom stereocenters. The highest BCUT2D eigenvalue weighted by Crippen LogP contribution is 2.25. The number of imide groups is 1. The first-order chi connectivity index (χ1) is 13.5. The molecule has 2 aliphatic heterocycles. The number of hydrogen-bond acceptors (Lipinski definition) is 5. The largest absolute Gasteiger partial charge is 0.325 e. The van der Waals surface area contributed by atoms with Crippen LogP contribution in [-0.2, 0) is 14.4 Å². The molecule has 7 heteroatoms. The fourth-order valence-electron chi connectivity index (χ4n) is 3.77. The van der Waals surface area contributed by atoms with Crippen molar-refractivity contribution in [3.8, 4) is 0 Å². The summed E-state index contributed by atoms with van der Waals surface area (Å²) in [5.41, 5.74) is 1.59. The zero-order valence-corrected chi connectivity index (χ0v) is 16.6. The van der Waals surface area contributed by atoms with Gasteiger partial charge in [0.2, 0.25) is 17.7 Å². The summed E-state index contributed by atoms with van der Waals surface area (Å²) in [5, 5.41) is 5.31. The van der Waals surface area contributed by atoms with Crippen molar-refractivity contribution < 1.29 is 14.4 Å². The number of anilines is 1. The molecule has 2 N–H and O–H groups in total. The standard InChI is InChI=1S/C21H30N4O3/c1-2-3-10-24-11-13-25(14-12-24)15-20(27)22-17-6-4-16(5-7-17)18-8-9-19(26)23-21(18)28/h4-7,18H,2-3,8-15H2,1H3,(H,22,27)(H,23,26,28). The number of amides is 3. The van der Waals surface area contributed by atoms with Gasteiger partial charge >= 0.3 is 0 Å². The van der Waals surface area contributed by atoms with E-state index in [4.69, 9.17) is 0 Å². The molecule has 152 valence electrons. The highest BCUT2D eigenvalue weighted by molar-refractivity contribution is 6.01. The van der Waals surface area contributed by atoms with E-state index in [1.165, 1.54) is 12.8 Å². The maximum atomic E-state index is 12.3. The van der Waals surface area contributed by atoms with Gasteiger partial charge in [-0.2, -0.15) is 0 Å². The summed E-state index contributed by atoms with van der Waals surface area (Å²) in [6, 6.07) is 7.34. The number of benzene rings is 1. The van der Waals surface area contributed by atoms with Crippen LogP contribution in [0.15, 0.2) is 24.3 Å². The lowest BCUT2D eigenvalue weighted by molar-refractivity contribution is -0.134. The van der Waals surface area contributed by atoms with Gasteiger partial charge in [-0.1, -0.05) is 25.5 Å². The molecule has 0 spiro atoms. The number of piperazine rings is 1. The summed E-state index contributed by atoms with van der Waals surface area (Å²) in [7, 11) is 0. The van der Waals surface area contributed by atoms with Gasteiger partial charge in [0.05, 0.1) is 12.5 Å². The van der Waals surface area contributed by atoms with Gasteiger partial charge in [0.15, 0.2) is 0 Å². The number of hydrogen-bond donors (Lipinski definition) is 2. The van der Waals surface area contributed by atoms with E-state index in [0.29, 0.717) is 19.4 Å². The summed E-state index contributed by atoms with van der Waals surface area (Å²) in [6.07, 6.45) is 3.33. The molecule has 0 aromatic heterocycles. The second-order valence-electron chi connectivity index (χ2n) is 7.65. The van der Waals surface area contributed by atoms with E-state index in [9.17, 15) is 14.4 Å². The van der Waals surface area contributed by atoms with Crippen molar-refractivity contribution >= 4 is 23.4 Å². The Bertz CT molecular complexity index is 696. The predicted octanol–water partition coefficient (Wildman–Crippen LogP) is 1.56. The molecule has 7 nitrogen and oxygen atoms in total. The van der Waals surface area contributed by atoms with Crippen LogP contribution in [0.1, 0.15) is 44.1 Å². The molecule has 2 heterocycles. The molecule has 0 saturated carbocycles. The zero-order valence-electron chi connectivity index (χ0n) is 16.6. The number of unbranched alkanes of at least 4 members (excludes halogenated alkanes) is 1. The van der Waals surface area contributed by atoms with E-state index in [1.807, 2.05) is 24.3 Å². The molecular formula is C21H30N4O3. The molecule has 3 rings (SSSR count). The molecule has 0 radical (unpaired) electrons. The van der Waals surface area contributed by atoms with Gasteiger partial charge in [0.1, 0.15) is 0 Å². The Morgan fingerprint density at radius 1 is 1.11 bits per heavy atom. The Labute approximate surface area is 166 Å².